The van der Waals surface area contributed by atoms with Gasteiger partial charge in [-0.25, -0.2) is 19.8 Å². The number of imidazole rings is 1. The predicted octanol–water partition coefficient (Wildman–Crippen LogP) is 1.53. The predicted molar refractivity (Wildman–Crippen MR) is 132 cm³/mol. The summed E-state index contributed by atoms with van der Waals surface area (Å²) in [5.74, 6) is 0.954. The van der Waals surface area contributed by atoms with Crippen LogP contribution in [0.5, 0.6) is 0 Å². The molecule has 0 aromatic carbocycles. The molecule has 19 heteroatoms. The van der Waals surface area contributed by atoms with Crippen LogP contribution in [-0.4, -0.2) is 66.1 Å². The highest BCUT2D eigenvalue weighted by Gasteiger charge is 2.72. The SMILES string of the molecule is c1c[nH]c(N2C(c3cn[nH]n3)(c3ncc(-c4nccs4)[nH]3)ON(c3ncco3)C2(c2ccon2)c2nn[nH]n2)c1. The number of rotatable bonds is 7. The van der Waals surface area contributed by atoms with Gasteiger partial charge in [-0.1, -0.05) is 5.16 Å². The van der Waals surface area contributed by atoms with Crippen molar-refractivity contribution in [3.63, 3.8) is 0 Å². The molecule has 0 bridgehead atoms. The van der Waals surface area contributed by atoms with E-state index >= 15 is 0 Å². The molecule has 7 aromatic rings. The van der Waals surface area contributed by atoms with Crippen LogP contribution in [0.3, 0.4) is 0 Å². The molecule has 0 radical (unpaired) electrons. The maximum atomic E-state index is 6.90. The minimum absolute atomic E-state index is 0.0430. The van der Waals surface area contributed by atoms with Crippen molar-refractivity contribution < 1.29 is 13.8 Å². The number of hydrogen-bond acceptors (Lipinski definition) is 15. The van der Waals surface area contributed by atoms with E-state index in [4.69, 9.17) is 18.8 Å². The molecule has 0 aliphatic carbocycles. The number of nitrogens with zero attached hydrogens (tertiary/aromatic N) is 11. The molecular formula is C21H15N15O3S. The van der Waals surface area contributed by atoms with Crippen molar-refractivity contribution in [2.75, 3.05) is 9.96 Å². The van der Waals surface area contributed by atoms with E-state index in [9.17, 15) is 0 Å². The fourth-order valence-corrected chi connectivity index (χ4v) is 5.44. The van der Waals surface area contributed by atoms with E-state index in [1.165, 1.54) is 41.3 Å². The van der Waals surface area contributed by atoms with E-state index in [0.29, 0.717) is 28.7 Å². The van der Waals surface area contributed by atoms with Gasteiger partial charge >= 0.3 is 6.01 Å². The highest BCUT2D eigenvalue weighted by atomic mass is 32.1. The first-order valence-corrected chi connectivity index (χ1v) is 12.5. The minimum Gasteiger partial charge on any atom is -0.431 e. The fourth-order valence-electron chi connectivity index (χ4n) is 4.84. The molecule has 8 rings (SSSR count). The topological polar surface area (TPSA) is 221 Å². The Hall–Kier alpha value is -5.69. The van der Waals surface area contributed by atoms with Gasteiger partial charge in [-0.3, -0.25) is 4.90 Å². The average molecular weight is 558 g/mol. The molecule has 0 saturated carbocycles. The van der Waals surface area contributed by atoms with Crippen molar-refractivity contribution in [1.29, 1.82) is 0 Å². The standard InChI is InChI=1S/C21H15N15O3S/c1-2-15(22-4-1)35-20(13-3-7-38-31-13,17-29-33-34-30-17)36(19-24-5-8-37-19)39-21(35,14-11-26-32-28-14)18-25-10-12(27-18)16-23-6-9-40-16/h1-11,22H,(H,25,27)(H,26,28,32)(H,29,30,33,34). The second-order valence-electron chi connectivity index (χ2n) is 8.37. The highest BCUT2D eigenvalue weighted by Crippen LogP contribution is 2.56. The lowest BCUT2D eigenvalue weighted by Gasteiger charge is -2.40. The Bertz CT molecular complexity index is 1760. The Labute approximate surface area is 225 Å². The fraction of sp³-hybridized carbons (Fsp3) is 0.0952. The van der Waals surface area contributed by atoms with Crippen LogP contribution >= 0.6 is 11.3 Å². The molecule has 4 N–H and O–H groups in total. The second kappa shape index (κ2) is 8.41. The molecule has 1 fully saturated rings. The van der Waals surface area contributed by atoms with Crippen LogP contribution in [-0.2, 0) is 16.2 Å². The lowest BCUT2D eigenvalue weighted by Crippen LogP contribution is -2.57. The van der Waals surface area contributed by atoms with E-state index in [1.807, 2.05) is 17.5 Å². The van der Waals surface area contributed by atoms with Gasteiger partial charge in [0.25, 0.3) is 11.4 Å². The monoisotopic (exact) mass is 557 g/mol. The Morgan fingerprint density at radius 2 is 1.98 bits per heavy atom. The van der Waals surface area contributed by atoms with Crippen molar-refractivity contribution in [3.8, 4) is 10.7 Å². The smallest absolute Gasteiger partial charge is 0.325 e. The van der Waals surface area contributed by atoms with Crippen LogP contribution in [0.25, 0.3) is 10.7 Å². The van der Waals surface area contributed by atoms with Gasteiger partial charge in [-0.15, -0.1) is 21.5 Å². The molecule has 1 saturated heterocycles. The van der Waals surface area contributed by atoms with Gasteiger partial charge in [0.05, 0.1) is 24.3 Å². The molecule has 8 heterocycles. The number of aromatic nitrogens is 13. The molecule has 0 amide bonds. The van der Waals surface area contributed by atoms with E-state index in [-0.39, 0.29) is 11.8 Å². The molecule has 2 unspecified atom stereocenters. The zero-order valence-corrected chi connectivity index (χ0v) is 20.7. The molecule has 7 aromatic heterocycles. The average Bonchev–Trinajstić information content (AvgIpc) is 3.85. The molecule has 2 atom stereocenters. The first kappa shape index (κ1) is 22.3. The maximum Gasteiger partial charge on any atom is 0.325 e. The number of H-pyrrole nitrogens is 4. The molecule has 198 valence electrons. The molecule has 1 aliphatic rings. The zero-order chi connectivity index (χ0) is 26.6. The van der Waals surface area contributed by atoms with Crippen LogP contribution in [0.4, 0.5) is 11.8 Å². The second-order valence-corrected chi connectivity index (χ2v) is 9.26. The summed E-state index contributed by atoms with van der Waals surface area (Å²) in [7, 11) is 0. The van der Waals surface area contributed by atoms with Crippen LogP contribution in [0.2, 0.25) is 0 Å². The summed E-state index contributed by atoms with van der Waals surface area (Å²) >= 11 is 1.45. The summed E-state index contributed by atoms with van der Waals surface area (Å²) in [5.41, 5.74) is -2.08. The third kappa shape index (κ3) is 2.91. The van der Waals surface area contributed by atoms with Crippen LogP contribution in [0, 0.1) is 0 Å². The number of nitrogens with one attached hydrogen (secondary N) is 4. The third-order valence-corrected chi connectivity index (χ3v) is 7.15. The summed E-state index contributed by atoms with van der Waals surface area (Å²) in [6.45, 7) is 0. The molecular weight excluding hydrogens is 542 g/mol. The molecule has 18 nitrogen and oxygen atoms in total. The number of thiazole rings is 1. The van der Waals surface area contributed by atoms with Crippen LogP contribution in [0.1, 0.15) is 23.0 Å². The van der Waals surface area contributed by atoms with Crippen molar-refractivity contribution in [2.24, 2.45) is 0 Å². The highest BCUT2D eigenvalue weighted by molar-refractivity contribution is 7.13. The molecule has 0 spiro atoms. The Balaban J connectivity index is 1.50. The van der Waals surface area contributed by atoms with E-state index in [1.54, 1.807) is 29.6 Å². The summed E-state index contributed by atoms with van der Waals surface area (Å²) in [4.78, 5) is 28.9. The first-order chi connectivity index (χ1) is 19.8. The largest absolute Gasteiger partial charge is 0.431 e. The quantitative estimate of drug-likeness (QED) is 0.218. The van der Waals surface area contributed by atoms with Gasteiger partial charge in [0.1, 0.15) is 34.7 Å². The van der Waals surface area contributed by atoms with Crippen molar-refractivity contribution in [2.45, 2.75) is 11.4 Å². The summed E-state index contributed by atoms with van der Waals surface area (Å²) in [6, 6.07) is 5.34. The van der Waals surface area contributed by atoms with Gasteiger partial charge in [0, 0.05) is 23.8 Å². The van der Waals surface area contributed by atoms with E-state index in [2.05, 4.69) is 61.1 Å². The Morgan fingerprint density at radius 1 is 0.975 bits per heavy atom. The van der Waals surface area contributed by atoms with E-state index < -0.39 is 11.4 Å². The summed E-state index contributed by atoms with van der Waals surface area (Å²) in [5, 5.41) is 34.6. The van der Waals surface area contributed by atoms with Gasteiger partial charge in [-0.2, -0.15) is 25.7 Å². The van der Waals surface area contributed by atoms with E-state index in [0.717, 1.165) is 5.01 Å². The van der Waals surface area contributed by atoms with Gasteiger partial charge < -0.3 is 18.9 Å². The van der Waals surface area contributed by atoms with Gasteiger partial charge in [0.2, 0.25) is 5.82 Å². The summed E-state index contributed by atoms with van der Waals surface area (Å²) < 4.78 is 11.1. The van der Waals surface area contributed by atoms with Crippen molar-refractivity contribution >= 4 is 23.2 Å². The zero-order valence-electron chi connectivity index (χ0n) is 19.9. The lowest BCUT2D eigenvalue weighted by atomic mass is 9.97. The Kier molecular flexibility index (Phi) is 4.69. The number of hydrogen-bond donors (Lipinski definition) is 4. The lowest BCUT2D eigenvalue weighted by molar-refractivity contribution is -0.00255. The Morgan fingerprint density at radius 3 is 2.67 bits per heavy atom. The third-order valence-electron chi connectivity index (χ3n) is 6.35. The summed E-state index contributed by atoms with van der Waals surface area (Å²) in [6.07, 6.45) is 10.9. The van der Waals surface area contributed by atoms with Crippen LogP contribution in [0.15, 0.2) is 76.0 Å². The molecule has 1 aliphatic heterocycles. The van der Waals surface area contributed by atoms with Crippen molar-refractivity contribution in [1.82, 2.24) is 66.1 Å². The normalized spacial score (nSPS) is 21.0. The van der Waals surface area contributed by atoms with Gasteiger partial charge in [0.15, 0.2) is 5.82 Å². The number of oxazole rings is 1. The maximum absolute atomic E-state index is 6.90. The molecule has 40 heavy (non-hydrogen) atoms. The number of hydroxylamine groups is 1. The number of anilines is 2. The van der Waals surface area contributed by atoms with Crippen LogP contribution < -0.4 is 9.96 Å². The number of tetrazole rings is 1. The van der Waals surface area contributed by atoms with Crippen molar-refractivity contribution in [3.05, 3.63) is 90.1 Å². The minimum atomic E-state index is -1.69. The first-order valence-electron chi connectivity index (χ1n) is 11.6. The van der Waals surface area contributed by atoms with Gasteiger partial charge in [-0.05, 0) is 17.3 Å². The number of aromatic amines is 4.